The number of furan rings is 1. The van der Waals surface area contributed by atoms with Gasteiger partial charge >= 0.3 is 5.91 Å². The topological polar surface area (TPSA) is 71.6 Å². The zero-order valence-corrected chi connectivity index (χ0v) is 17.9. The van der Waals surface area contributed by atoms with Crippen molar-refractivity contribution in [2.75, 3.05) is 5.01 Å². The van der Waals surface area contributed by atoms with Crippen LogP contribution in [-0.2, 0) is 0 Å². The Morgan fingerprint density at radius 2 is 1.90 bits per heavy atom. The Kier molecular flexibility index (Phi) is 4.70. The summed E-state index contributed by atoms with van der Waals surface area (Å²) in [6, 6.07) is 16.9. The number of nitrogens with zero attached hydrogens (tertiary/aromatic N) is 4. The van der Waals surface area contributed by atoms with Crippen LogP contribution < -0.4 is 5.01 Å². The lowest BCUT2D eigenvalue weighted by Gasteiger charge is -2.11. The first kappa shape index (κ1) is 18.2. The molecule has 1 amide bonds. The molecule has 9 heteroatoms. The Bertz CT molecular complexity index is 1320. The second-order valence-corrected chi connectivity index (χ2v) is 8.93. The van der Waals surface area contributed by atoms with Gasteiger partial charge in [0.05, 0.1) is 32.9 Å². The minimum atomic E-state index is -0.341. The van der Waals surface area contributed by atoms with Gasteiger partial charge in [-0.3, -0.25) is 4.79 Å². The van der Waals surface area contributed by atoms with Crippen molar-refractivity contribution in [3.8, 4) is 0 Å². The Hall–Kier alpha value is -2.88. The molecule has 29 heavy (non-hydrogen) atoms. The van der Waals surface area contributed by atoms with Crippen LogP contribution in [0.25, 0.3) is 20.4 Å². The van der Waals surface area contributed by atoms with E-state index in [1.165, 1.54) is 33.9 Å². The van der Waals surface area contributed by atoms with Crippen molar-refractivity contribution in [2.24, 2.45) is 5.10 Å². The second kappa shape index (κ2) is 7.51. The molecule has 0 aliphatic heterocycles. The third-order valence-electron chi connectivity index (χ3n) is 4.03. The predicted octanol–water partition coefficient (Wildman–Crippen LogP) is 5.94. The second-order valence-electron chi connectivity index (χ2n) is 5.97. The first-order chi connectivity index (χ1) is 14.2. The molecule has 0 spiro atoms. The number of hydrogen-bond acceptors (Lipinski definition) is 7. The third kappa shape index (κ3) is 3.59. The number of amides is 1. The number of fused-ring (bicyclic) bond motifs is 2. The fourth-order valence-electron chi connectivity index (χ4n) is 2.70. The highest BCUT2D eigenvalue weighted by Crippen LogP contribution is 2.33. The summed E-state index contributed by atoms with van der Waals surface area (Å²) in [6.45, 7) is 0. The number of hydrazone groups is 1. The van der Waals surface area contributed by atoms with Gasteiger partial charge in [-0.2, -0.15) is 10.1 Å². The maximum absolute atomic E-state index is 13.3. The number of halogens is 1. The normalized spacial score (nSPS) is 11.6. The lowest BCUT2D eigenvalue weighted by atomic mass is 10.3. The highest BCUT2D eigenvalue weighted by Gasteiger charge is 2.24. The van der Waals surface area contributed by atoms with Crippen molar-refractivity contribution in [3.63, 3.8) is 0 Å². The van der Waals surface area contributed by atoms with Crippen molar-refractivity contribution in [2.45, 2.75) is 0 Å². The number of hydrogen-bond donors (Lipinski definition) is 0. The molecule has 0 aliphatic rings. The monoisotopic (exact) mass is 482 g/mol. The van der Waals surface area contributed by atoms with E-state index >= 15 is 0 Å². The fourth-order valence-corrected chi connectivity index (χ4v) is 5.06. The average Bonchev–Trinajstić information content (AvgIpc) is 3.46. The molecular weight excluding hydrogens is 472 g/mol. The number of rotatable bonds is 4. The molecule has 5 aromatic rings. The molecule has 0 bridgehead atoms. The van der Waals surface area contributed by atoms with E-state index < -0.39 is 0 Å². The molecule has 0 fully saturated rings. The van der Waals surface area contributed by atoms with Crippen LogP contribution in [0.2, 0.25) is 0 Å². The van der Waals surface area contributed by atoms with E-state index in [4.69, 9.17) is 4.42 Å². The molecule has 0 saturated heterocycles. The molecule has 0 aliphatic carbocycles. The van der Waals surface area contributed by atoms with Crippen LogP contribution in [0.5, 0.6) is 0 Å². The molecule has 0 atom stereocenters. The van der Waals surface area contributed by atoms with Crippen LogP contribution in [0.4, 0.5) is 5.13 Å². The van der Waals surface area contributed by atoms with Gasteiger partial charge in [0, 0.05) is 4.47 Å². The van der Waals surface area contributed by atoms with Gasteiger partial charge in [-0.1, -0.05) is 39.4 Å². The molecular formula is C20H11BrN4O2S2. The lowest BCUT2D eigenvalue weighted by molar-refractivity contribution is 0.0987. The number of carbonyl (C=O) groups is 1. The summed E-state index contributed by atoms with van der Waals surface area (Å²) in [7, 11) is 0. The van der Waals surface area contributed by atoms with Crippen LogP contribution in [-0.4, -0.2) is 22.1 Å². The zero-order valence-electron chi connectivity index (χ0n) is 14.7. The van der Waals surface area contributed by atoms with Crippen molar-refractivity contribution in [3.05, 3.63) is 76.1 Å². The number of carbonyl (C=O) groups excluding carboxylic acids is 1. The van der Waals surface area contributed by atoms with Gasteiger partial charge in [-0.05, 0) is 42.5 Å². The Balaban J connectivity index is 1.59. The quantitative estimate of drug-likeness (QED) is 0.234. The smallest absolute Gasteiger partial charge is 0.309 e. The van der Waals surface area contributed by atoms with Crippen LogP contribution in [0.3, 0.4) is 0 Å². The number of benzene rings is 2. The minimum Gasteiger partial charge on any atom is -0.463 e. The average molecular weight is 483 g/mol. The van der Waals surface area contributed by atoms with Gasteiger partial charge in [0.2, 0.25) is 5.13 Å². The highest BCUT2D eigenvalue weighted by atomic mass is 79.9. The molecule has 0 unspecified atom stereocenters. The minimum absolute atomic E-state index is 0.341. The Morgan fingerprint density at radius 1 is 1.03 bits per heavy atom. The summed E-state index contributed by atoms with van der Waals surface area (Å²) in [4.78, 5) is 22.4. The number of thiazole rings is 2. The van der Waals surface area contributed by atoms with E-state index in [2.05, 4.69) is 31.0 Å². The molecule has 142 valence electrons. The van der Waals surface area contributed by atoms with Gasteiger partial charge in [0.25, 0.3) is 0 Å². The molecule has 6 nitrogen and oxygen atoms in total. The Morgan fingerprint density at radius 3 is 2.72 bits per heavy atom. The van der Waals surface area contributed by atoms with E-state index in [0.717, 1.165) is 24.9 Å². The van der Waals surface area contributed by atoms with Gasteiger partial charge in [0.1, 0.15) is 5.76 Å². The van der Waals surface area contributed by atoms with E-state index in [0.29, 0.717) is 15.9 Å². The molecule has 0 N–H and O–H groups in total. The van der Waals surface area contributed by atoms with Crippen LogP contribution in [0, 0.1) is 0 Å². The van der Waals surface area contributed by atoms with E-state index in [9.17, 15) is 4.79 Å². The molecule has 0 saturated carbocycles. The van der Waals surface area contributed by atoms with Crippen molar-refractivity contribution < 1.29 is 9.21 Å². The zero-order chi connectivity index (χ0) is 19.8. The van der Waals surface area contributed by atoms with Crippen LogP contribution >= 0.6 is 38.6 Å². The van der Waals surface area contributed by atoms with Crippen LogP contribution in [0.15, 0.2) is 74.9 Å². The summed E-state index contributed by atoms with van der Waals surface area (Å²) in [5, 5.41) is 6.46. The largest absolute Gasteiger partial charge is 0.463 e. The summed E-state index contributed by atoms with van der Waals surface area (Å²) in [5.74, 6) is 0.197. The number of aromatic nitrogens is 2. The molecule has 0 radical (unpaired) electrons. The standard InChI is InChI=1S/C20H11BrN4O2S2/c21-12-7-8-15-17(10-12)29-20(24-15)25(22-11-13-4-3-9-27-13)19(26)18-23-14-5-1-2-6-16(14)28-18/h1-11H/b22-11+. The SMILES string of the molecule is O=C(c1nc2ccccc2s1)N(/N=C/c1ccco1)c1nc2ccc(Br)cc2s1. The Labute approximate surface area is 181 Å². The summed E-state index contributed by atoms with van der Waals surface area (Å²) >= 11 is 6.18. The lowest BCUT2D eigenvalue weighted by Crippen LogP contribution is -2.25. The van der Waals surface area contributed by atoms with Gasteiger partial charge < -0.3 is 4.42 Å². The van der Waals surface area contributed by atoms with E-state index in [1.54, 1.807) is 18.4 Å². The first-order valence-electron chi connectivity index (χ1n) is 8.51. The van der Waals surface area contributed by atoms with Gasteiger partial charge in [-0.25, -0.2) is 9.97 Å². The summed E-state index contributed by atoms with van der Waals surface area (Å²) in [5.41, 5.74) is 1.58. The summed E-state index contributed by atoms with van der Waals surface area (Å²) < 4.78 is 8.14. The first-order valence-corrected chi connectivity index (χ1v) is 10.9. The fraction of sp³-hybridized carbons (Fsp3) is 0. The number of anilines is 1. The number of para-hydroxylation sites is 1. The summed E-state index contributed by atoms with van der Waals surface area (Å²) in [6.07, 6.45) is 3.05. The molecule has 3 heterocycles. The maximum Gasteiger partial charge on any atom is 0.309 e. The van der Waals surface area contributed by atoms with E-state index in [-0.39, 0.29) is 5.91 Å². The maximum atomic E-state index is 13.3. The molecule has 3 aromatic heterocycles. The highest BCUT2D eigenvalue weighted by molar-refractivity contribution is 9.10. The van der Waals surface area contributed by atoms with Crippen molar-refractivity contribution in [1.29, 1.82) is 0 Å². The third-order valence-corrected chi connectivity index (χ3v) is 6.54. The van der Waals surface area contributed by atoms with Crippen molar-refractivity contribution >= 4 is 76.3 Å². The van der Waals surface area contributed by atoms with Crippen LogP contribution in [0.1, 0.15) is 15.6 Å². The predicted molar refractivity (Wildman–Crippen MR) is 120 cm³/mol. The van der Waals surface area contributed by atoms with E-state index in [1.807, 2.05) is 42.5 Å². The molecule has 5 rings (SSSR count). The van der Waals surface area contributed by atoms with Gasteiger partial charge in [-0.15, -0.1) is 11.3 Å². The van der Waals surface area contributed by atoms with Crippen molar-refractivity contribution in [1.82, 2.24) is 9.97 Å². The van der Waals surface area contributed by atoms with Gasteiger partial charge in [0.15, 0.2) is 5.01 Å². The molecule has 2 aromatic carbocycles.